The number of hydrogen-bond acceptors (Lipinski definition) is 8. The smallest absolute Gasteiger partial charge is 0.271 e. The third-order valence-electron chi connectivity index (χ3n) is 9.08. The number of fused-ring (bicyclic) bond motifs is 1. The molecule has 238 valence electrons. The quantitative estimate of drug-likeness (QED) is 0.277. The lowest BCUT2D eigenvalue weighted by atomic mass is 9.92. The zero-order valence-electron chi connectivity index (χ0n) is 26.0. The molecule has 2 aromatic carbocycles. The molecule has 3 amide bonds. The molecule has 46 heavy (non-hydrogen) atoms. The Kier molecular flexibility index (Phi) is 8.77. The zero-order valence-corrected chi connectivity index (χ0v) is 26.0. The standard InChI is InChI=1S/C35H36FN5O5/c1-38(2)34(45)29-12-10-25(20-37-29)40-16-14-39(15-17-40)21-22-6-7-23(28(36)18-22)8-9-24-4-3-5-27-32(24)35(46)41(33(27)44)30-13-11-26(42)19-31(30)43/h3-7,10,12,18,20,30H,8-9,11,13-17,19,21H2,1-2H3. The predicted octanol–water partition coefficient (Wildman–Crippen LogP) is 3.32. The van der Waals surface area contributed by atoms with Crippen LogP contribution in [0.3, 0.4) is 0 Å². The minimum Gasteiger partial charge on any atom is -0.368 e. The van der Waals surface area contributed by atoms with Gasteiger partial charge in [-0.15, -0.1) is 0 Å². The van der Waals surface area contributed by atoms with Crippen molar-refractivity contribution in [2.24, 2.45) is 0 Å². The second-order valence-electron chi connectivity index (χ2n) is 12.3. The summed E-state index contributed by atoms with van der Waals surface area (Å²) in [6, 6.07) is 13.1. The minimum atomic E-state index is -0.922. The van der Waals surface area contributed by atoms with Crippen molar-refractivity contribution in [3.63, 3.8) is 0 Å². The Morgan fingerprint density at radius 1 is 0.935 bits per heavy atom. The van der Waals surface area contributed by atoms with Crippen molar-refractivity contribution >= 4 is 35.0 Å². The maximum absolute atomic E-state index is 15.3. The van der Waals surface area contributed by atoms with Crippen LogP contribution < -0.4 is 4.90 Å². The van der Waals surface area contributed by atoms with E-state index in [1.54, 1.807) is 56.7 Å². The first-order valence-corrected chi connectivity index (χ1v) is 15.6. The molecule has 2 fully saturated rings. The number of benzene rings is 2. The van der Waals surface area contributed by atoms with E-state index in [4.69, 9.17) is 0 Å². The molecule has 10 nitrogen and oxygen atoms in total. The Labute approximate surface area is 266 Å². The van der Waals surface area contributed by atoms with Crippen molar-refractivity contribution in [2.75, 3.05) is 45.2 Å². The number of piperazine rings is 1. The fourth-order valence-corrected chi connectivity index (χ4v) is 6.51. The first-order valence-electron chi connectivity index (χ1n) is 15.6. The van der Waals surface area contributed by atoms with Crippen molar-refractivity contribution < 1.29 is 28.4 Å². The highest BCUT2D eigenvalue weighted by molar-refractivity contribution is 6.24. The van der Waals surface area contributed by atoms with Crippen molar-refractivity contribution in [3.05, 3.63) is 94.1 Å². The number of carbonyl (C=O) groups is 5. The molecule has 0 spiro atoms. The number of anilines is 1. The fraction of sp³-hybridized carbons (Fsp3) is 0.371. The van der Waals surface area contributed by atoms with Crippen molar-refractivity contribution in [1.82, 2.24) is 19.7 Å². The molecule has 3 aromatic rings. The SMILES string of the molecule is CN(C)C(=O)c1ccc(N2CCN(Cc3ccc(CCc4cccc5c4C(=O)N(C4CCC(=O)CC4=O)C5=O)c(F)c3)CC2)cn1. The van der Waals surface area contributed by atoms with Crippen LogP contribution in [0, 0.1) is 5.82 Å². The number of ketones is 2. The number of hydrogen-bond donors (Lipinski definition) is 0. The maximum atomic E-state index is 15.3. The van der Waals surface area contributed by atoms with E-state index in [0.717, 1.165) is 42.3 Å². The highest BCUT2D eigenvalue weighted by Crippen LogP contribution is 2.32. The molecular formula is C35H36FN5O5. The molecule has 0 N–H and O–H groups in total. The number of pyridine rings is 1. The van der Waals surface area contributed by atoms with Crippen LogP contribution in [0.4, 0.5) is 10.1 Å². The highest BCUT2D eigenvalue weighted by Gasteiger charge is 2.45. The summed E-state index contributed by atoms with van der Waals surface area (Å²) in [5, 5.41) is 0. The normalized spacial score (nSPS) is 18.7. The number of aromatic nitrogens is 1. The van der Waals surface area contributed by atoms with Crippen LogP contribution in [0.1, 0.15) is 67.2 Å². The molecule has 1 atom stereocenters. The molecular weight excluding hydrogens is 589 g/mol. The molecule has 1 unspecified atom stereocenters. The van der Waals surface area contributed by atoms with E-state index >= 15 is 4.39 Å². The molecule has 11 heteroatoms. The van der Waals surface area contributed by atoms with Gasteiger partial charge >= 0.3 is 0 Å². The van der Waals surface area contributed by atoms with E-state index in [-0.39, 0.29) is 47.9 Å². The van der Waals surface area contributed by atoms with Gasteiger partial charge in [0.05, 0.1) is 35.5 Å². The summed E-state index contributed by atoms with van der Waals surface area (Å²) in [7, 11) is 3.39. The number of amides is 3. The first kappa shape index (κ1) is 31.2. The number of imide groups is 1. The lowest BCUT2D eigenvalue weighted by Gasteiger charge is -2.36. The molecule has 0 bridgehead atoms. The number of rotatable bonds is 8. The summed E-state index contributed by atoms with van der Waals surface area (Å²) in [6.07, 6.45) is 2.48. The van der Waals surface area contributed by atoms with Crippen LogP contribution in [-0.2, 0) is 29.0 Å². The van der Waals surface area contributed by atoms with E-state index in [1.165, 1.54) is 4.90 Å². The molecule has 1 saturated heterocycles. The topological polar surface area (TPSA) is 111 Å². The van der Waals surface area contributed by atoms with Crippen LogP contribution >= 0.6 is 0 Å². The van der Waals surface area contributed by atoms with E-state index in [0.29, 0.717) is 36.2 Å². The Balaban J connectivity index is 1.05. The van der Waals surface area contributed by atoms with Gasteiger partial charge in [-0.3, -0.25) is 33.8 Å². The summed E-state index contributed by atoms with van der Waals surface area (Å²) in [5.74, 6) is -2.07. The van der Waals surface area contributed by atoms with Gasteiger partial charge in [-0.25, -0.2) is 9.37 Å². The average Bonchev–Trinajstić information content (AvgIpc) is 3.30. The lowest BCUT2D eigenvalue weighted by Crippen LogP contribution is -2.47. The van der Waals surface area contributed by atoms with Crippen LogP contribution in [-0.4, -0.2) is 95.3 Å². The molecule has 2 aliphatic heterocycles. The summed E-state index contributed by atoms with van der Waals surface area (Å²) in [4.78, 5) is 74.2. The molecule has 3 heterocycles. The van der Waals surface area contributed by atoms with Gasteiger partial charge in [-0.05, 0) is 60.2 Å². The van der Waals surface area contributed by atoms with E-state index in [1.807, 2.05) is 12.1 Å². The third kappa shape index (κ3) is 6.19. The van der Waals surface area contributed by atoms with Gasteiger partial charge in [0.25, 0.3) is 17.7 Å². The van der Waals surface area contributed by atoms with Gasteiger partial charge < -0.3 is 9.80 Å². The van der Waals surface area contributed by atoms with Gasteiger partial charge in [0, 0.05) is 53.2 Å². The van der Waals surface area contributed by atoms with Gasteiger partial charge in [0.2, 0.25) is 0 Å². The third-order valence-corrected chi connectivity index (χ3v) is 9.08. The molecule has 6 rings (SSSR count). The number of aryl methyl sites for hydroxylation is 2. The molecule has 1 saturated carbocycles. The van der Waals surface area contributed by atoms with E-state index in [9.17, 15) is 24.0 Å². The fourth-order valence-electron chi connectivity index (χ4n) is 6.51. The summed E-state index contributed by atoms with van der Waals surface area (Å²) >= 11 is 0. The molecule has 0 radical (unpaired) electrons. The largest absolute Gasteiger partial charge is 0.368 e. The average molecular weight is 626 g/mol. The molecule has 1 aromatic heterocycles. The number of carbonyl (C=O) groups excluding carboxylic acids is 5. The van der Waals surface area contributed by atoms with Crippen molar-refractivity contribution in [3.8, 4) is 0 Å². The maximum Gasteiger partial charge on any atom is 0.271 e. The van der Waals surface area contributed by atoms with Crippen LogP contribution in [0.2, 0.25) is 0 Å². The van der Waals surface area contributed by atoms with Crippen molar-refractivity contribution in [2.45, 2.75) is 44.7 Å². The van der Waals surface area contributed by atoms with E-state index < -0.39 is 23.6 Å². The Hall–Kier alpha value is -4.77. The summed E-state index contributed by atoms with van der Waals surface area (Å²) < 4.78 is 15.3. The van der Waals surface area contributed by atoms with Gasteiger partial charge in [0.15, 0.2) is 5.78 Å². The number of Topliss-reactive ketones (excluding diaryl/α,β-unsaturated/α-hetero) is 2. The van der Waals surface area contributed by atoms with Crippen LogP contribution in [0.15, 0.2) is 54.7 Å². The Bertz CT molecular complexity index is 1710. The zero-order chi connectivity index (χ0) is 32.5. The van der Waals surface area contributed by atoms with Gasteiger partial charge in [-0.1, -0.05) is 24.3 Å². The Morgan fingerprint density at radius 2 is 1.70 bits per heavy atom. The Morgan fingerprint density at radius 3 is 2.37 bits per heavy atom. The predicted molar refractivity (Wildman–Crippen MR) is 168 cm³/mol. The van der Waals surface area contributed by atoms with E-state index in [2.05, 4.69) is 14.8 Å². The minimum absolute atomic E-state index is 0.134. The number of halogens is 1. The first-order chi connectivity index (χ1) is 22.1. The summed E-state index contributed by atoms with van der Waals surface area (Å²) in [5.41, 5.74) is 3.91. The summed E-state index contributed by atoms with van der Waals surface area (Å²) in [6.45, 7) is 3.79. The van der Waals surface area contributed by atoms with Gasteiger partial charge in [-0.2, -0.15) is 0 Å². The second-order valence-corrected chi connectivity index (χ2v) is 12.3. The highest BCUT2D eigenvalue weighted by atomic mass is 19.1. The monoisotopic (exact) mass is 625 g/mol. The molecule has 1 aliphatic carbocycles. The van der Waals surface area contributed by atoms with Crippen molar-refractivity contribution in [1.29, 1.82) is 0 Å². The van der Waals surface area contributed by atoms with Crippen LogP contribution in [0.25, 0.3) is 0 Å². The van der Waals surface area contributed by atoms with Crippen LogP contribution in [0.5, 0.6) is 0 Å². The lowest BCUT2D eigenvalue weighted by molar-refractivity contribution is -0.132. The van der Waals surface area contributed by atoms with Gasteiger partial charge in [0.1, 0.15) is 17.3 Å². The molecule has 3 aliphatic rings. The second kappa shape index (κ2) is 12.9. The number of nitrogens with zero attached hydrogens (tertiary/aromatic N) is 5.